The quantitative estimate of drug-likeness (QED) is 0.263. The lowest BCUT2D eigenvalue weighted by Gasteiger charge is -2.13. The van der Waals surface area contributed by atoms with Gasteiger partial charge < -0.3 is 21.5 Å². The lowest BCUT2D eigenvalue weighted by molar-refractivity contribution is 0.102. The fourth-order valence-electron chi connectivity index (χ4n) is 3.06. The second-order valence-electron chi connectivity index (χ2n) is 7.32. The molecule has 2 aromatic carbocycles. The summed E-state index contributed by atoms with van der Waals surface area (Å²) in [5.74, 6) is -0.231. The molecule has 1 unspecified atom stereocenters. The molecule has 3 aromatic rings. The highest BCUT2D eigenvalue weighted by Crippen LogP contribution is 2.28. The molecule has 10 heteroatoms. The molecule has 0 fully saturated rings. The molecule has 1 heterocycles. The highest BCUT2D eigenvalue weighted by Gasteiger charge is 2.17. The van der Waals surface area contributed by atoms with Crippen molar-refractivity contribution >= 4 is 51.3 Å². The number of nitrogens with one attached hydrogen (secondary N) is 3. The number of aliphatic imine (C=N–C) groups is 1. The number of carbonyl (C=O) groups is 1. The van der Waals surface area contributed by atoms with E-state index in [4.69, 9.17) is 17.3 Å². The number of H-pyrrole nitrogens is 1. The average molecular weight is 474 g/mol. The Balaban J connectivity index is 1.83. The minimum absolute atomic E-state index is 0.0411. The Kier molecular flexibility index (Phi) is 7.34. The van der Waals surface area contributed by atoms with Crippen LogP contribution in [0.2, 0.25) is 5.02 Å². The van der Waals surface area contributed by atoms with Gasteiger partial charge in [-0.2, -0.15) is 0 Å². The summed E-state index contributed by atoms with van der Waals surface area (Å²) in [6, 6.07) is 10.2. The van der Waals surface area contributed by atoms with Gasteiger partial charge in [-0.05, 0) is 67.7 Å². The number of hydrogen-bond donors (Lipinski definition) is 5. The smallest absolute Gasteiger partial charge is 0.271 e. The van der Waals surface area contributed by atoms with Crippen LogP contribution in [-0.4, -0.2) is 33.9 Å². The van der Waals surface area contributed by atoms with Crippen LogP contribution in [0.25, 0.3) is 0 Å². The van der Waals surface area contributed by atoms with E-state index < -0.39 is 6.04 Å². The van der Waals surface area contributed by atoms with Crippen LogP contribution in [0.4, 0.5) is 16.4 Å². The van der Waals surface area contributed by atoms with Crippen LogP contribution >= 0.6 is 23.1 Å². The number of benzene rings is 2. The van der Waals surface area contributed by atoms with Crippen LogP contribution in [0.1, 0.15) is 34.0 Å². The molecular weight excluding hydrogens is 450 g/mol. The summed E-state index contributed by atoms with van der Waals surface area (Å²) in [5, 5.41) is 16.2. The molecular formula is C22H24ClN5O3S. The van der Waals surface area contributed by atoms with Gasteiger partial charge in [-0.3, -0.25) is 19.0 Å². The number of nitrogens with zero attached hydrogens (tertiary/aromatic N) is 1. The van der Waals surface area contributed by atoms with Gasteiger partial charge in [0, 0.05) is 11.3 Å². The zero-order valence-electron chi connectivity index (χ0n) is 17.8. The molecule has 168 valence electrons. The van der Waals surface area contributed by atoms with Crippen molar-refractivity contribution in [3.63, 3.8) is 0 Å². The Bertz CT molecular complexity index is 1210. The van der Waals surface area contributed by atoms with Gasteiger partial charge in [0.05, 0.1) is 23.4 Å². The number of carbonyl (C=O) groups excluding carboxylic acids is 1. The maximum atomic E-state index is 12.8. The van der Waals surface area contributed by atoms with Crippen molar-refractivity contribution in [3.8, 4) is 0 Å². The predicted octanol–water partition coefficient (Wildman–Crippen LogP) is 3.79. The molecule has 0 bridgehead atoms. The standard InChI is InChI=1S/C22H24ClN5O3S/c1-11-5-4-6-16(23)18(11)27-20(30)15-8-7-14(9-12(15)2)26-22-17(21(31)28-32-22)19(24)25-13(3)10-29/h4-9,13,26,29H,10H2,1-3H3,(H2,24,25)(H,27,30)(H,28,31). The number of nitrogens with two attached hydrogens (primary N) is 1. The molecule has 0 aliphatic carbocycles. The molecule has 1 aromatic heterocycles. The highest BCUT2D eigenvalue weighted by molar-refractivity contribution is 7.10. The fourth-order valence-corrected chi connectivity index (χ4v) is 4.10. The first kappa shape index (κ1) is 23.5. The van der Waals surface area contributed by atoms with Gasteiger partial charge in [0.2, 0.25) is 0 Å². The SMILES string of the molecule is Cc1cc(Nc2s[nH]c(=O)c2C(N)=NC(C)CO)ccc1C(=O)Nc1c(C)cccc1Cl. The van der Waals surface area contributed by atoms with Crippen molar-refractivity contribution in [2.75, 3.05) is 17.2 Å². The first-order valence-corrected chi connectivity index (χ1v) is 11.0. The van der Waals surface area contributed by atoms with Crippen LogP contribution in [0, 0.1) is 13.8 Å². The number of aliphatic hydroxyl groups is 1. The topological polar surface area (TPSA) is 133 Å². The van der Waals surface area contributed by atoms with Crippen molar-refractivity contribution in [3.05, 3.63) is 74.0 Å². The maximum absolute atomic E-state index is 12.8. The van der Waals surface area contributed by atoms with E-state index in [0.29, 0.717) is 27.0 Å². The van der Waals surface area contributed by atoms with Crippen LogP contribution in [0.15, 0.2) is 46.2 Å². The summed E-state index contributed by atoms with van der Waals surface area (Å²) in [4.78, 5) is 29.1. The minimum atomic E-state index is -0.427. The monoisotopic (exact) mass is 473 g/mol. The van der Waals surface area contributed by atoms with E-state index in [1.165, 1.54) is 0 Å². The van der Waals surface area contributed by atoms with Crippen molar-refractivity contribution in [2.24, 2.45) is 10.7 Å². The summed E-state index contributed by atoms with van der Waals surface area (Å²) < 4.78 is 2.64. The Hall–Kier alpha value is -3.14. The number of halogens is 1. The number of aromatic nitrogens is 1. The summed E-state index contributed by atoms with van der Waals surface area (Å²) >= 11 is 7.30. The van der Waals surface area contributed by atoms with E-state index in [2.05, 4.69) is 20.0 Å². The minimum Gasteiger partial charge on any atom is -0.394 e. The largest absolute Gasteiger partial charge is 0.394 e. The van der Waals surface area contributed by atoms with Gasteiger partial charge in [-0.1, -0.05) is 23.7 Å². The summed E-state index contributed by atoms with van der Waals surface area (Å²) in [5.41, 5.74) is 9.18. The molecule has 1 amide bonds. The molecule has 0 aliphatic heterocycles. The Morgan fingerprint density at radius 2 is 2.03 bits per heavy atom. The number of aromatic amines is 1. The Morgan fingerprint density at radius 3 is 2.69 bits per heavy atom. The Labute approximate surface area is 194 Å². The summed E-state index contributed by atoms with van der Waals surface area (Å²) in [6.07, 6.45) is 0. The molecule has 0 saturated carbocycles. The summed E-state index contributed by atoms with van der Waals surface area (Å²) in [7, 11) is 0. The first-order chi connectivity index (χ1) is 15.2. The Morgan fingerprint density at radius 1 is 1.28 bits per heavy atom. The average Bonchev–Trinajstić information content (AvgIpc) is 3.10. The number of hydrogen-bond acceptors (Lipinski definition) is 6. The predicted molar refractivity (Wildman–Crippen MR) is 131 cm³/mol. The van der Waals surface area contributed by atoms with Gasteiger partial charge in [0.15, 0.2) is 0 Å². The number of para-hydroxylation sites is 1. The lowest BCUT2D eigenvalue weighted by Crippen LogP contribution is -2.24. The number of rotatable bonds is 7. The highest BCUT2D eigenvalue weighted by atomic mass is 35.5. The third kappa shape index (κ3) is 5.18. The van der Waals surface area contributed by atoms with Gasteiger partial charge in [-0.25, -0.2) is 0 Å². The fraction of sp³-hybridized carbons (Fsp3) is 0.227. The van der Waals surface area contributed by atoms with E-state index in [1.54, 1.807) is 31.2 Å². The third-order valence-corrected chi connectivity index (χ3v) is 5.88. The van der Waals surface area contributed by atoms with Gasteiger partial charge in [0.1, 0.15) is 16.4 Å². The lowest BCUT2D eigenvalue weighted by atomic mass is 10.1. The van der Waals surface area contributed by atoms with Crippen molar-refractivity contribution in [1.82, 2.24) is 4.37 Å². The molecule has 0 saturated heterocycles. The number of amidine groups is 1. The van der Waals surface area contributed by atoms with E-state index >= 15 is 0 Å². The van der Waals surface area contributed by atoms with Gasteiger partial charge in [0.25, 0.3) is 11.5 Å². The molecule has 1 atom stereocenters. The second-order valence-corrected chi connectivity index (χ2v) is 8.55. The van der Waals surface area contributed by atoms with Crippen molar-refractivity contribution < 1.29 is 9.90 Å². The van der Waals surface area contributed by atoms with Crippen LogP contribution in [-0.2, 0) is 0 Å². The molecule has 0 radical (unpaired) electrons. The first-order valence-electron chi connectivity index (χ1n) is 9.81. The normalized spacial score (nSPS) is 12.5. The zero-order valence-corrected chi connectivity index (χ0v) is 19.4. The van der Waals surface area contributed by atoms with Gasteiger partial charge in [-0.15, -0.1) is 0 Å². The van der Waals surface area contributed by atoms with Crippen LogP contribution in [0.5, 0.6) is 0 Å². The molecule has 0 spiro atoms. The van der Waals surface area contributed by atoms with E-state index in [-0.39, 0.29) is 29.5 Å². The van der Waals surface area contributed by atoms with Crippen molar-refractivity contribution in [2.45, 2.75) is 26.8 Å². The van der Waals surface area contributed by atoms with Crippen LogP contribution in [0.3, 0.4) is 0 Å². The maximum Gasteiger partial charge on any atom is 0.271 e. The molecule has 6 N–H and O–H groups in total. The molecule has 8 nitrogen and oxygen atoms in total. The molecule has 3 rings (SSSR count). The molecule has 0 aliphatic rings. The van der Waals surface area contributed by atoms with Crippen molar-refractivity contribution in [1.29, 1.82) is 0 Å². The number of aliphatic hydroxyl groups excluding tert-OH is 1. The van der Waals surface area contributed by atoms with Gasteiger partial charge >= 0.3 is 0 Å². The summed E-state index contributed by atoms with van der Waals surface area (Å²) in [6.45, 7) is 5.20. The number of anilines is 3. The van der Waals surface area contributed by atoms with E-state index in [9.17, 15) is 14.7 Å². The van der Waals surface area contributed by atoms with E-state index in [0.717, 1.165) is 22.7 Å². The molecule has 32 heavy (non-hydrogen) atoms. The number of aryl methyl sites for hydroxylation is 2. The second kappa shape index (κ2) is 9.99. The van der Waals surface area contributed by atoms with E-state index in [1.807, 2.05) is 26.0 Å². The van der Waals surface area contributed by atoms with Crippen LogP contribution < -0.4 is 21.9 Å². The third-order valence-electron chi connectivity index (χ3n) is 4.77. The zero-order chi connectivity index (χ0) is 23.4. The number of amides is 1.